The molecule has 0 unspecified atom stereocenters. The smallest absolute Gasteiger partial charge is 0.159 e. The Kier molecular flexibility index (Phi) is 3.49. The molecule has 2 rings (SSSR count). The maximum Gasteiger partial charge on any atom is 0.159 e. The van der Waals surface area contributed by atoms with Gasteiger partial charge in [-0.2, -0.15) is 0 Å². The van der Waals surface area contributed by atoms with Crippen LogP contribution in [0.4, 0.5) is 0 Å². The van der Waals surface area contributed by atoms with E-state index in [4.69, 9.17) is 0 Å². The molecule has 0 aliphatic carbocycles. The van der Waals surface area contributed by atoms with Crippen molar-refractivity contribution in [3.63, 3.8) is 0 Å². The molecule has 76 valence electrons. The molecule has 0 saturated carbocycles. The van der Waals surface area contributed by atoms with Crippen molar-refractivity contribution in [2.45, 2.75) is 5.33 Å². The predicted molar refractivity (Wildman–Crippen MR) is 67.8 cm³/mol. The van der Waals surface area contributed by atoms with Crippen LogP contribution < -0.4 is 0 Å². The van der Waals surface area contributed by atoms with Gasteiger partial charge in [0.1, 0.15) is 0 Å². The first-order valence-corrected chi connectivity index (χ1v) is 6.34. The van der Waals surface area contributed by atoms with E-state index in [0.717, 1.165) is 21.2 Å². The highest BCUT2D eigenvalue weighted by Crippen LogP contribution is 2.17. The highest BCUT2D eigenvalue weighted by molar-refractivity contribution is 9.10. The molecule has 0 aliphatic heterocycles. The van der Waals surface area contributed by atoms with Crippen molar-refractivity contribution < 1.29 is 0 Å². The molecular formula is C11H8Br2N2. The van der Waals surface area contributed by atoms with E-state index in [-0.39, 0.29) is 0 Å². The lowest BCUT2D eigenvalue weighted by Gasteiger charge is -2.00. The third-order valence-electron chi connectivity index (χ3n) is 1.99. The van der Waals surface area contributed by atoms with Gasteiger partial charge in [0.05, 0.1) is 4.47 Å². The summed E-state index contributed by atoms with van der Waals surface area (Å²) in [6.07, 6.45) is 3.50. The maximum absolute atomic E-state index is 4.23. The minimum atomic E-state index is 0.749. The molecule has 0 bridgehead atoms. The zero-order valence-electron chi connectivity index (χ0n) is 7.82. The molecular weight excluding hydrogens is 320 g/mol. The summed E-state index contributed by atoms with van der Waals surface area (Å²) in [6, 6.07) is 8.19. The van der Waals surface area contributed by atoms with Crippen LogP contribution in [0.25, 0.3) is 11.4 Å². The molecule has 1 aromatic heterocycles. The van der Waals surface area contributed by atoms with Crippen LogP contribution >= 0.6 is 31.9 Å². The van der Waals surface area contributed by atoms with E-state index in [1.807, 2.05) is 12.1 Å². The van der Waals surface area contributed by atoms with Gasteiger partial charge in [0.15, 0.2) is 5.82 Å². The second-order valence-corrected chi connectivity index (χ2v) is 4.53. The van der Waals surface area contributed by atoms with Gasteiger partial charge in [0.2, 0.25) is 0 Å². The Labute approximate surface area is 105 Å². The van der Waals surface area contributed by atoms with Crippen molar-refractivity contribution in [2.24, 2.45) is 0 Å². The van der Waals surface area contributed by atoms with Gasteiger partial charge in [-0.05, 0) is 21.5 Å². The van der Waals surface area contributed by atoms with Crippen LogP contribution in [0.15, 0.2) is 41.1 Å². The van der Waals surface area contributed by atoms with Crippen molar-refractivity contribution in [1.29, 1.82) is 0 Å². The SMILES string of the molecule is BrCc1ccc(-c2ncc(Br)cn2)cc1. The van der Waals surface area contributed by atoms with Crippen LogP contribution in [0, 0.1) is 0 Å². The average Bonchev–Trinajstić information content (AvgIpc) is 2.30. The van der Waals surface area contributed by atoms with Crippen molar-refractivity contribution in [3.8, 4) is 11.4 Å². The van der Waals surface area contributed by atoms with Gasteiger partial charge in [0.25, 0.3) is 0 Å². The van der Waals surface area contributed by atoms with Gasteiger partial charge >= 0.3 is 0 Å². The normalized spacial score (nSPS) is 10.3. The van der Waals surface area contributed by atoms with E-state index < -0.39 is 0 Å². The number of alkyl halides is 1. The van der Waals surface area contributed by atoms with E-state index in [1.54, 1.807) is 12.4 Å². The lowest BCUT2D eigenvalue weighted by molar-refractivity contribution is 1.16. The van der Waals surface area contributed by atoms with E-state index in [2.05, 4.69) is 54.0 Å². The monoisotopic (exact) mass is 326 g/mol. The van der Waals surface area contributed by atoms with Crippen LogP contribution in [0.3, 0.4) is 0 Å². The lowest BCUT2D eigenvalue weighted by atomic mass is 10.1. The second-order valence-electron chi connectivity index (χ2n) is 3.06. The van der Waals surface area contributed by atoms with Crippen molar-refractivity contribution in [2.75, 3.05) is 0 Å². The standard InChI is InChI=1S/C11H8Br2N2/c12-5-8-1-3-9(4-2-8)11-14-6-10(13)7-15-11/h1-4,6-7H,5H2. The molecule has 2 aromatic rings. The molecule has 0 saturated heterocycles. The Hall–Kier alpha value is -0.740. The van der Waals surface area contributed by atoms with Gasteiger partial charge in [-0.15, -0.1) is 0 Å². The van der Waals surface area contributed by atoms with Crippen molar-refractivity contribution in [1.82, 2.24) is 9.97 Å². The Morgan fingerprint density at radius 3 is 2.13 bits per heavy atom. The minimum Gasteiger partial charge on any atom is -0.235 e. The quantitative estimate of drug-likeness (QED) is 0.784. The molecule has 15 heavy (non-hydrogen) atoms. The Bertz CT molecular complexity index is 437. The van der Waals surface area contributed by atoms with Crippen LogP contribution in [-0.4, -0.2) is 9.97 Å². The summed E-state index contributed by atoms with van der Waals surface area (Å²) in [4.78, 5) is 8.47. The Balaban J connectivity index is 2.33. The summed E-state index contributed by atoms with van der Waals surface area (Å²) in [5.41, 5.74) is 2.28. The molecule has 0 spiro atoms. The summed E-state index contributed by atoms with van der Waals surface area (Å²) in [5, 5.41) is 0.870. The van der Waals surface area contributed by atoms with Crippen molar-refractivity contribution in [3.05, 3.63) is 46.7 Å². The van der Waals surface area contributed by atoms with E-state index >= 15 is 0 Å². The number of nitrogens with zero attached hydrogens (tertiary/aromatic N) is 2. The zero-order chi connectivity index (χ0) is 10.7. The van der Waals surface area contributed by atoms with Gasteiger partial charge in [-0.1, -0.05) is 40.2 Å². The summed E-state index contributed by atoms with van der Waals surface area (Å²) >= 11 is 6.72. The fraction of sp³-hybridized carbons (Fsp3) is 0.0909. The molecule has 1 heterocycles. The Morgan fingerprint density at radius 2 is 1.60 bits per heavy atom. The number of benzene rings is 1. The maximum atomic E-state index is 4.23. The topological polar surface area (TPSA) is 25.8 Å². The first-order valence-electron chi connectivity index (χ1n) is 4.42. The number of hydrogen-bond acceptors (Lipinski definition) is 2. The average molecular weight is 328 g/mol. The first kappa shape index (κ1) is 10.8. The number of hydrogen-bond donors (Lipinski definition) is 0. The molecule has 0 amide bonds. The molecule has 0 atom stereocenters. The molecule has 0 fully saturated rings. The molecule has 0 N–H and O–H groups in total. The molecule has 0 radical (unpaired) electrons. The van der Waals surface area contributed by atoms with Gasteiger partial charge in [-0.3, -0.25) is 0 Å². The summed E-state index contributed by atoms with van der Waals surface area (Å²) in [7, 11) is 0. The number of aromatic nitrogens is 2. The van der Waals surface area contributed by atoms with Crippen LogP contribution in [-0.2, 0) is 5.33 Å². The molecule has 4 heteroatoms. The molecule has 2 nitrogen and oxygen atoms in total. The van der Waals surface area contributed by atoms with Gasteiger partial charge in [-0.25, -0.2) is 9.97 Å². The van der Waals surface area contributed by atoms with Gasteiger partial charge in [0, 0.05) is 23.3 Å². The summed E-state index contributed by atoms with van der Waals surface area (Å²) in [6.45, 7) is 0. The third kappa shape index (κ3) is 2.63. The largest absolute Gasteiger partial charge is 0.235 e. The summed E-state index contributed by atoms with van der Waals surface area (Å²) in [5.74, 6) is 0.749. The summed E-state index contributed by atoms with van der Waals surface area (Å²) < 4.78 is 0.892. The number of halogens is 2. The van der Waals surface area contributed by atoms with Crippen LogP contribution in [0.1, 0.15) is 5.56 Å². The third-order valence-corrected chi connectivity index (χ3v) is 3.04. The van der Waals surface area contributed by atoms with Crippen molar-refractivity contribution >= 4 is 31.9 Å². The Morgan fingerprint density at radius 1 is 1.00 bits per heavy atom. The van der Waals surface area contributed by atoms with E-state index in [9.17, 15) is 0 Å². The number of rotatable bonds is 2. The lowest BCUT2D eigenvalue weighted by Crippen LogP contribution is -1.88. The first-order chi connectivity index (χ1) is 7.29. The van der Waals surface area contributed by atoms with E-state index in [1.165, 1.54) is 5.56 Å². The van der Waals surface area contributed by atoms with Gasteiger partial charge < -0.3 is 0 Å². The van der Waals surface area contributed by atoms with Crippen LogP contribution in [0.5, 0.6) is 0 Å². The fourth-order valence-corrected chi connectivity index (χ4v) is 1.78. The molecule has 0 aliphatic rings. The van der Waals surface area contributed by atoms with E-state index in [0.29, 0.717) is 0 Å². The molecule has 1 aromatic carbocycles. The fourth-order valence-electron chi connectivity index (χ4n) is 1.20. The van der Waals surface area contributed by atoms with Crippen LogP contribution in [0.2, 0.25) is 0 Å². The minimum absolute atomic E-state index is 0.749. The highest BCUT2D eigenvalue weighted by Gasteiger charge is 2.00. The second kappa shape index (κ2) is 4.86. The zero-order valence-corrected chi connectivity index (χ0v) is 11.0. The predicted octanol–water partition coefficient (Wildman–Crippen LogP) is 3.80. The highest BCUT2D eigenvalue weighted by atomic mass is 79.9.